The van der Waals surface area contributed by atoms with Crippen LogP contribution in [0, 0.1) is 0 Å². The van der Waals surface area contributed by atoms with Crippen LogP contribution in [0.3, 0.4) is 0 Å². The van der Waals surface area contributed by atoms with Crippen molar-refractivity contribution >= 4 is 11.9 Å². The average Bonchev–Trinajstić information content (AvgIpc) is 2.86. The van der Waals surface area contributed by atoms with Crippen LogP contribution in [0.15, 0.2) is 12.4 Å². The highest BCUT2D eigenvalue weighted by Crippen LogP contribution is 2.18. The molecule has 0 aromatic carbocycles. The van der Waals surface area contributed by atoms with E-state index in [1.54, 1.807) is 10.9 Å². The first-order valence-corrected chi connectivity index (χ1v) is 6.05. The second kappa shape index (κ2) is 4.81. The average molecular weight is 261 g/mol. The van der Waals surface area contributed by atoms with E-state index in [0.717, 1.165) is 18.7 Å². The van der Waals surface area contributed by atoms with Crippen molar-refractivity contribution < 1.29 is 4.74 Å². The molecule has 0 atom stereocenters. The molecule has 0 saturated carbocycles. The van der Waals surface area contributed by atoms with Gasteiger partial charge in [-0.3, -0.25) is 4.68 Å². The van der Waals surface area contributed by atoms with Crippen LogP contribution < -0.4 is 10.6 Å². The molecule has 2 aromatic rings. The molecule has 1 saturated heterocycles. The van der Waals surface area contributed by atoms with Gasteiger partial charge < -0.3 is 15.4 Å². The first-order valence-electron chi connectivity index (χ1n) is 6.05. The lowest BCUT2D eigenvalue weighted by atomic mass is 10.3. The van der Waals surface area contributed by atoms with Gasteiger partial charge in [-0.1, -0.05) is 0 Å². The lowest BCUT2D eigenvalue weighted by Crippen LogP contribution is -2.37. The van der Waals surface area contributed by atoms with E-state index >= 15 is 0 Å². The molecule has 19 heavy (non-hydrogen) atoms. The lowest BCUT2D eigenvalue weighted by molar-refractivity contribution is 0.122. The van der Waals surface area contributed by atoms with E-state index in [0.29, 0.717) is 25.0 Å². The number of hydrogen-bond donors (Lipinski definition) is 1. The number of rotatable bonds is 2. The summed E-state index contributed by atoms with van der Waals surface area (Å²) in [7, 11) is 1.84. The molecule has 8 nitrogen and oxygen atoms in total. The summed E-state index contributed by atoms with van der Waals surface area (Å²) in [5.74, 6) is 1.35. The van der Waals surface area contributed by atoms with Gasteiger partial charge in [0.1, 0.15) is 0 Å². The molecular formula is C11H15N7O. The van der Waals surface area contributed by atoms with E-state index in [9.17, 15) is 0 Å². The molecule has 0 aliphatic carbocycles. The Morgan fingerprint density at radius 1 is 1.21 bits per heavy atom. The van der Waals surface area contributed by atoms with E-state index in [-0.39, 0.29) is 5.95 Å². The molecule has 3 heterocycles. The Kier molecular flexibility index (Phi) is 3.00. The van der Waals surface area contributed by atoms with Crippen molar-refractivity contribution in [2.24, 2.45) is 7.05 Å². The highest BCUT2D eigenvalue weighted by molar-refractivity contribution is 5.55. The van der Waals surface area contributed by atoms with Gasteiger partial charge >= 0.3 is 0 Å². The van der Waals surface area contributed by atoms with Gasteiger partial charge in [0.25, 0.3) is 0 Å². The Labute approximate surface area is 110 Å². The highest BCUT2D eigenvalue weighted by atomic mass is 16.5. The predicted molar refractivity (Wildman–Crippen MR) is 69.5 cm³/mol. The second-order valence-electron chi connectivity index (χ2n) is 4.32. The second-order valence-corrected chi connectivity index (χ2v) is 4.32. The lowest BCUT2D eigenvalue weighted by Gasteiger charge is -2.26. The zero-order valence-electron chi connectivity index (χ0n) is 10.7. The molecule has 3 rings (SSSR count). The van der Waals surface area contributed by atoms with Gasteiger partial charge in [-0.15, -0.1) is 0 Å². The normalized spacial score (nSPS) is 15.7. The molecule has 2 N–H and O–H groups in total. The summed E-state index contributed by atoms with van der Waals surface area (Å²) >= 11 is 0. The van der Waals surface area contributed by atoms with Crippen LogP contribution >= 0.6 is 0 Å². The Morgan fingerprint density at radius 3 is 2.68 bits per heavy atom. The molecule has 1 fully saturated rings. The van der Waals surface area contributed by atoms with Crippen LogP contribution in [0.1, 0.15) is 0 Å². The Bertz CT molecular complexity index is 576. The zero-order chi connectivity index (χ0) is 13.2. The van der Waals surface area contributed by atoms with Gasteiger partial charge in [0.15, 0.2) is 5.82 Å². The van der Waals surface area contributed by atoms with Crippen molar-refractivity contribution in [1.29, 1.82) is 0 Å². The minimum absolute atomic E-state index is 0.218. The highest BCUT2D eigenvalue weighted by Gasteiger charge is 2.16. The number of morpholine rings is 1. The van der Waals surface area contributed by atoms with Gasteiger partial charge in [-0.05, 0) is 0 Å². The molecule has 0 bridgehead atoms. The van der Waals surface area contributed by atoms with E-state index in [2.05, 4.69) is 20.1 Å². The third-order valence-electron chi connectivity index (χ3n) is 2.90. The fraction of sp³-hybridized carbons (Fsp3) is 0.455. The van der Waals surface area contributed by atoms with Crippen LogP contribution in [0.5, 0.6) is 0 Å². The van der Waals surface area contributed by atoms with Crippen molar-refractivity contribution in [2.75, 3.05) is 36.9 Å². The van der Waals surface area contributed by atoms with Crippen LogP contribution in [0.4, 0.5) is 11.9 Å². The molecule has 0 radical (unpaired) electrons. The topological polar surface area (TPSA) is 95.0 Å². The van der Waals surface area contributed by atoms with Crippen LogP contribution in [0.25, 0.3) is 11.4 Å². The smallest absolute Gasteiger partial charge is 0.230 e. The minimum atomic E-state index is 0.218. The number of hydrogen-bond acceptors (Lipinski definition) is 7. The molecule has 8 heteroatoms. The third kappa shape index (κ3) is 2.48. The SMILES string of the molecule is Cn1cc(-c2nc(N)nc(N3CCOCC3)n2)cn1. The Balaban J connectivity index is 1.95. The van der Waals surface area contributed by atoms with Crippen molar-refractivity contribution in [3.05, 3.63) is 12.4 Å². The van der Waals surface area contributed by atoms with E-state index < -0.39 is 0 Å². The quantitative estimate of drug-likeness (QED) is 0.792. The summed E-state index contributed by atoms with van der Waals surface area (Å²) in [5.41, 5.74) is 6.59. The summed E-state index contributed by atoms with van der Waals surface area (Å²) < 4.78 is 7.01. The maximum Gasteiger partial charge on any atom is 0.230 e. The fourth-order valence-corrected chi connectivity index (χ4v) is 1.95. The number of nitrogen functional groups attached to an aromatic ring is 1. The van der Waals surface area contributed by atoms with Crippen LogP contribution in [-0.4, -0.2) is 51.0 Å². The maximum absolute atomic E-state index is 5.76. The van der Waals surface area contributed by atoms with E-state index in [1.165, 1.54) is 0 Å². The molecule has 2 aromatic heterocycles. The molecule has 100 valence electrons. The number of anilines is 2. The first-order chi connectivity index (χ1) is 9.22. The summed E-state index contributed by atoms with van der Waals surface area (Å²) in [6, 6.07) is 0. The van der Waals surface area contributed by atoms with Gasteiger partial charge in [-0.2, -0.15) is 20.1 Å². The summed E-state index contributed by atoms with van der Waals surface area (Å²) in [4.78, 5) is 14.8. The zero-order valence-corrected chi connectivity index (χ0v) is 10.7. The minimum Gasteiger partial charge on any atom is -0.378 e. The fourth-order valence-electron chi connectivity index (χ4n) is 1.95. The largest absolute Gasteiger partial charge is 0.378 e. The molecule has 0 amide bonds. The van der Waals surface area contributed by atoms with Crippen molar-refractivity contribution in [3.63, 3.8) is 0 Å². The van der Waals surface area contributed by atoms with Gasteiger partial charge in [0.05, 0.1) is 25.0 Å². The molecular weight excluding hydrogens is 246 g/mol. The third-order valence-corrected chi connectivity index (χ3v) is 2.90. The van der Waals surface area contributed by atoms with Crippen LogP contribution in [0.2, 0.25) is 0 Å². The summed E-state index contributed by atoms with van der Waals surface area (Å²) in [6.07, 6.45) is 3.55. The first kappa shape index (κ1) is 11.8. The number of nitrogens with two attached hydrogens (primary N) is 1. The number of nitrogens with zero attached hydrogens (tertiary/aromatic N) is 6. The maximum atomic E-state index is 5.76. The van der Waals surface area contributed by atoms with Crippen molar-refractivity contribution in [3.8, 4) is 11.4 Å². The van der Waals surface area contributed by atoms with Gasteiger partial charge in [0.2, 0.25) is 11.9 Å². The monoisotopic (exact) mass is 261 g/mol. The molecule has 0 unspecified atom stereocenters. The van der Waals surface area contributed by atoms with E-state index in [4.69, 9.17) is 10.5 Å². The van der Waals surface area contributed by atoms with Crippen molar-refractivity contribution in [1.82, 2.24) is 24.7 Å². The number of aromatic nitrogens is 5. The summed E-state index contributed by atoms with van der Waals surface area (Å²) in [5, 5.41) is 4.11. The van der Waals surface area contributed by atoms with Gasteiger partial charge in [-0.25, -0.2) is 0 Å². The standard InChI is InChI=1S/C11H15N7O/c1-17-7-8(6-13-17)9-14-10(12)16-11(15-9)18-2-4-19-5-3-18/h6-7H,2-5H2,1H3,(H2,12,14,15,16). The molecule has 1 aliphatic rings. The Morgan fingerprint density at radius 2 is 2.00 bits per heavy atom. The summed E-state index contributed by atoms with van der Waals surface area (Å²) in [6.45, 7) is 2.87. The Hall–Kier alpha value is -2.22. The molecule has 0 spiro atoms. The number of aryl methyl sites for hydroxylation is 1. The molecule has 1 aliphatic heterocycles. The van der Waals surface area contributed by atoms with Crippen molar-refractivity contribution in [2.45, 2.75) is 0 Å². The number of ether oxygens (including phenoxy) is 1. The predicted octanol–water partition coefficient (Wildman–Crippen LogP) is -0.309. The van der Waals surface area contributed by atoms with E-state index in [1.807, 2.05) is 18.1 Å². The van der Waals surface area contributed by atoms with Crippen LogP contribution in [-0.2, 0) is 11.8 Å². The van der Waals surface area contributed by atoms with Gasteiger partial charge in [0, 0.05) is 26.3 Å².